The van der Waals surface area contributed by atoms with E-state index in [1.165, 1.54) is 0 Å². The number of rotatable bonds is 9. The number of fused-ring (bicyclic) bond motifs is 1. The molecule has 0 bridgehead atoms. The molecule has 0 spiro atoms. The highest BCUT2D eigenvalue weighted by molar-refractivity contribution is 7.99. The van der Waals surface area contributed by atoms with Gasteiger partial charge in [-0.2, -0.15) is 5.10 Å². The first-order valence-electron chi connectivity index (χ1n) is 10.3. The van der Waals surface area contributed by atoms with E-state index >= 15 is 0 Å². The van der Waals surface area contributed by atoms with Gasteiger partial charge in [0.05, 0.1) is 23.5 Å². The highest BCUT2D eigenvalue weighted by Crippen LogP contribution is 2.30. The fourth-order valence-electron chi connectivity index (χ4n) is 3.18. The van der Waals surface area contributed by atoms with E-state index in [-0.39, 0.29) is 18.6 Å². The average molecular weight is 470 g/mol. The molecule has 2 aromatic carbocycles. The second-order valence-electron chi connectivity index (χ2n) is 7.17. The predicted molar refractivity (Wildman–Crippen MR) is 134 cm³/mol. The number of alkyl halides is 1. The molecular weight excluding hydrogens is 442 g/mol. The van der Waals surface area contributed by atoms with Gasteiger partial charge in [0, 0.05) is 17.5 Å². The Bertz CT molecular complexity index is 1150. The summed E-state index contributed by atoms with van der Waals surface area (Å²) in [5.74, 6) is 1.80. The Morgan fingerprint density at radius 3 is 2.69 bits per heavy atom. The van der Waals surface area contributed by atoms with E-state index in [4.69, 9.17) is 21.6 Å². The number of benzene rings is 2. The van der Waals surface area contributed by atoms with Crippen LogP contribution < -0.4 is 5.32 Å². The molecule has 0 aliphatic carbocycles. The minimum atomic E-state index is -0.224. The first-order valence-corrected chi connectivity index (χ1v) is 11.7. The van der Waals surface area contributed by atoms with Crippen molar-refractivity contribution < 1.29 is 5.11 Å². The van der Waals surface area contributed by atoms with Crippen LogP contribution in [0.25, 0.3) is 11.0 Å². The standard InChI is InChI=1S/C23H24ClN5OS.CH4/c1-2-3-12-31-23-27-21(26-17-10-7-11-18(30)13-17)19-14-25-29(22(19)28-23)15-20(24)16-8-5-4-6-9-16;/h4-11,13-14,20,30H,2-3,12,15H2,1H3,(H,26,27,28);1H4. The van der Waals surface area contributed by atoms with Gasteiger partial charge in [-0.05, 0) is 24.1 Å². The molecular formula is C24H28ClN5OS. The number of phenolic OH excluding ortho intramolecular Hbond substituents is 1. The maximum atomic E-state index is 9.81. The van der Waals surface area contributed by atoms with Crippen LogP contribution in [-0.4, -0.2) is 30.6 Å². The number of thioether (sulfide) groups is 1. The summed E-state index contributed by atoms with van der Waals surface area (Å²) < 4.78 is 1.83. The van der Waals surface area contributed by atoms with Crippen LogP contribution in [0.3, 0.4) is 0 Å². The lowest BCUT2D eigenvalue weighted by Crippen LogP contribution is -2.08. The van der Waals surface area contributed by atoms with E-state index in [0.29, 0.717) is 17.5 Å². The zero-order valence-corrected chi connectivity index (χ0v) is 18.8. The normalized spacial score (nSPS) is 11.8. The van der Waals surface area contributed by atoms with Crippen molar-refractivity contribution in [3.05, 3.63) is 66.4 Å². The molecule has 4 rings (SSSR count). The van der Waals surface area contributed by atoms with Crippen molar-refractivity contribution in [2.45, 2.75) is 44.3 Å². The Hall–Kier alpha value is -2.77. The van der Waals surface area contributed by atoms with Crippen molar-refractivity contribution in [2.75, 3.05) is 11.1 Å². The molecule has 4 aromatic rings. The zero-order chi connectivity index (χ0) is 21.6. The van der Waals surface area contributed by atoms with E-state index in [9.17, 15) is 5.11 Å². The minimum Gasteiger partial charge on any atom is -0.508 e. The van der Waals surface area contributed by atoms with Crippen molar-refractivity contribution >= 4 is 45.9 Å². The Labute approximate surface area is 198 Å². The number of hydrogen-bond donors (Lipinski definition) is 2. The molecule has 0 saturated carbocycles. The molecule has 0 fully saturated rings. The molecule has 0 aliphatic heterocycles. The minimum absolute atomic E-state index is 0. The first kappa shape index (κ1) is 23.9. The molecule has 8 heteroatoms. The molecule has 2 N–H and O–H groups in total. The van der Waals surface area contributed by atoms with Gasteiger partial charge in [-0.15, -0.1) is 11.6 Å². The number of phenols is 1. The van der Waals surface area contributed by atoms with E-state index in [2.05, 4.69) is 17.3 Å². The van der Waals surface area contributed by atoms with E-state index in [1.807, 2.05) is 41.1 Å². The second-order valence-corrected chi connectivity index (χ2v) is 8.76. The molecule has 0 radical (unpaired) electrons. The fourth-order valence-corrected chi connectivity index (χ4v) is 4.37. The maximum Gasteiger partial charge on any atom is 0.191 e. The van der Waals surface area contributed by atoms with Gasteiger partial charge in [-0.3, -0.25) is 0 Å². The smallest absolute Gasteiger partial charge is 0.191 e. The van der Waals surface area contributed by atoms with Crippen LogP contribution in [-0.2, 0) is 6.54 Å². The van der Waals surface area contributed by atoms with Crippen LogP contribution in [0.1, 0.15) is 38.1 Å². The zero-order valence-electron chi connectivity index (χ0n) is 17.2. The van der Waals surface area contributed by atoms with Gasteiger partial charge in [0.1, 0.15) is 11.6 Å². The Balaban J connectivity index is 0.00000289. The molecule has 6 nitrogen and oxygen atoms in total. The number of unbranched alkanes of at least 4 members (excludes halogenated alkanes) is 1. The van der Waals surface area contributed by atoms with Crippen LogP contribution in [0.15, 0.2) is 66.0 Å². The van der Waals surface area contributed by atoms with Gasteiger partial charge in [0.25, 0.3) is 0 Å². The molecule has 2 aromatic heterocycles. The summed E-state index contributed by atoms with van der Waals surface area (Å²) in [7, 11) is 0. The third-order valence-electron chi connectivity index (χ3n) is 4.81. The number of aromatic nitrogens is 4. The van der Waals surface area contributed by atoms with Crippen molar-refractivity contribution in [1.82, 2.24) is 19.7 Å². The van der Waals surface area contributed by atoms with E-state index in [1.54, 1.807) is 36.2 Å². The number of nitrogens with one attached hydrogen (secondary N) is 1. The molecule has 0 amide bonds. The van der Waals surface area contributed by atoms with E-state index in [0.717, 1.165) is 40.9 Å². The first-order chi connectivity index (χ1) is 15.1. The summed E-state index contributed by atoms with van der Waals surface area (Å²) >= 11 is 8.30. The maximum absolute atomic E-state index is 9.81. The van der Waals surface area contributed by atoms with Crippen LogP contribution in [0.2, 0.25) is 0 Å². The van der Waals surface area contributed by atoms with Crippen molar-refractivity contribution in [3.63, 3.8) is 0 Å². The fraction of sp³-hybridized carbons (Fsp3) is 0.292. The third kappa shape index (κ3) is 5.72. The lowest BCUT2D eigenvalue weighted by molar-refractivity contribution is 0.475. The number of nitrogens with zero attached hydrogens (tertiary/aromatic N) is 4. The van der Waals surface area contributed by atoms with Gasteiger partial charge in [-0.25, -0.2) is 14.6 Å². The molecule has 168 valence electrons. The van der Waals surface area contributed by atoms with Gasteiger partial charge < -0.3 is 10.4 Å². The number of anilines is 2. The monoisotopic (exact) mass is 469 g/mol. The summed E-state index contributed by atoms with van der Waals surface area (Å²) in [4.78, 5) is 9.50. The number of hydrogen-bond acceptors (Lipinski definition) is 6. The molecule has 1 unspecified atom stereocenters. The number of aromatic hydroxyl groups is 1. The third-order valence-corrected chi connectivity index (χ3v) is 6.13. The van der Waals surface area contributed by atoms with Gasteiger partial charge in [0.15, 0.2) is 10.8 Å². The number of halogens is 1. The Kier molecular flexibility index (Phi) is 8.36. The predicted octanol–water partition coefficient (Wildman–Crippen LogP) is 6.78. The SMILES string of the molecule is C.CCCCSc1nc(Nc2cccc(O)c2)c2cnn(CC(Cl)c3ccccc3)c2n1. The highest BCUT2D eigenvalue weighted by atomic mass is 35.5. The summed E-state index contributed by atoms with van der Waals surface area (Å²) in [5, 5.41) is 18.9. The summed E-state index contributed by atoms with van der Waals surface area (Å²) in [6.45, 7) is 2.66. The Morgan fingerprint density at radius 2 is 1.94 bits per heavy atom. The highest BCUT2D eigenvalue weighted by Gasteiger charge is 2.17. The lowest BCUT2D eigenvalue weighted by Gasteiger charge is -2.12. The van der Waals surface area contributed by atoms with Crippen LogP contribution in [0.4, 0.5) is 11.5 Å². The second kappa shape index (κ2) is 11.2. The molecule has 0 aliphatic rings. The molecule has 0 saturated heterocycles. The van der Waals surface area contributed by atoms with Crippen molar-refractivity contribution in [3.8, 4) is 5.75 Å². The summed E-state index contributed by atoms with van der Waals surface area (Å²) in [5.41, 5.74) is 2.52. The largest absolute Gasteiger partial charge is 0.508 e. The molecule has 2 heterocycles. The topological polar surface area (TPSA) is 75.9 Å². The van der Waals surface area contributed by atoms with E-state index < -0.39 is 0 Å². The lowest BCUT2D eigenvalue weighted by atomic mass is 10.1. The van der Waals surface area contributed by atoms with Crippen LogP contribution in [0, 0.1) is 0 Å². The van der Waals surface area contributed by atoms with Gasteiger partial charge >= 0.3 is 0 Å². The van der Waals surface area contributed by atoms with Crippen molar-refractivity contribution in [2.24, 2.45) is 0 Å². The van der Waals surface area contributed by atoms with Crippen LogP contribution in [0.5, 0.6) is 5.75 Å². The van der Waals surface area contributed by atoms with Gasteiger partial charge in [-0.1, -0.05) is 68.9 Å². The van der Waals surface area contributed by atoms with Crippen LogP contribution >= 0.6 is 23.4 Å². The summed E-state index contributed by atoms with van der Waals surface area (Å²) in [6, 6.07) is 16.9. The molecule has 32 heavy (non-hydrogen) atoms. The Morgan fingerprint density at radius 1 is 1.12 bits per heavy atom. The molecule has 1 atom stereocenters. The van der Waals surface area contributed by atoms with Gasteiger partial charge in [0.2, 0.25) is 0 Å². The van der Waals surface area contributed by atoms with Crippen molar-refractivity contribution in [1.29, 1.82) is 0 Å². The summed E-state index contributed by atoms with van der Waals surface area (Å²) in [6.07, 6.45) is 3.97. The quantitative estimate of drug-likeness (QED) is 0.122. The average Bonchev–Trinajstić information content (AvgIpc) is 3.17.